The van der Waals surface area contributed by atoms with E-state index in [1.807, 2.05) is 18.2 Å². The topological polar surface area (TPSA) is 56.8 Å². The molecular weight excluding hydrogens is 228 g/mol. The summed E-state index contributed by atoms with van der Waals surface area (Å²) in [6.45, 7) is 0.559. The summed E-state index contributed by atoms with van der Waals surface area (Å²) >= 11 is 5.57. The maximum absolute atomic E-state index is 5.57. The summed E-state index contributed by atoms with van der Waals surface area (Å²) in [5.74, 6) is 7.01. The summed E-state index contributed by atoms with van der Waals surface area (Å²) in [6.07, 6.45) is 2.34. The van der Waals surface area contributed by atoms with E-state index in [1.54, 1.807) is 13.3 Å². The highest BCUT2D eigenvalue weighted by molar-refractivity contribution is 6.17. The van der Waals surface area contributed by atoms with Crippen molar-refractivity contribution in [3.63, 3.8) is 0 Å². The fraction of sp³-hybridized carbons (Fsp3) is 0.364. The van der Waals surface area contributed by atoms with Crippen LogP contribution in [0.2, 0.25) is 0 Å². The number of benzene rings is 1. The zero-order valence-electron chi connectivity index (χ0n) is 9.15. The SMILES string of the molecule is COc1ccc(C=NN)cc1OCCCCl. The molecule has 0 aliphatic carbocycles. The Morgan fingerprint density at radius 1 is 1.44 bits per heavy atom. The Balaban J connectivity index is 2.80. The molecule has 1 aromatic carbocycles. The monoisotopic (exact) mass is 242 g/mol. The van der Waals surface area contributed by atoms with E-state index < -0.39 is 0 Å². The number of rotatable bonds is 6. The number of nitrogens with zero attached hydrogens (tertiary/aromatic N) is 1. The Bertz CT molecular complexity index is 356. The Kier molecular flexibility index (Phi) is 5.50. The average Bonchev–Trinajstić information content (AvgIpc) is 2.30. The van der Waals surface area contributed by atoms with Gasteiger partial charge in [0.2, 0.25) is 0 Å². The molecule has 0 spiro atoms. The van der Waals surface area contributed by atoms with Gasteiger partial charge in [-0.25, -0.2) is 0 Å². The number of hydrazone groups is 1. The smallest absolute Gasteiger partial charge is 0.161 e. The molecule has 0 atom stereocenters. The Morgan fingerprint density at radius 3 is 2.88 bits per heavy atom. The molecule has 0 aliphatic heterocycles. The lowest BCUT2D eigenvalue weighted by Crippen LogP contribution is -2.00. The van der Waals surface area contributed by atoms with E-state index in [2.05, 4.69) is 5.10 Å². The van der Waals surface area contributed by atoms with Crippen molar-refractivity contribution in [2.75, 3.05) is 19.6 Å². The fourth-order valence-corrected chi connectivity index (χ4v) is 1.32. The lowest BCUT2D eigenvalue weighted by atomic mass is 10.2. The predicted molar refractivity (Wildman–Crippen MR) is 65.6 cm³/mol. The highest BCUT2D eigenvalue weighted by Crippen LogP contribution is 2.27. The van der Waals surface area contributed by atoms with Gasteiger partial charge in [-0.2, -0.15) is 5.10 Å². The van der Waals surface area contributed by atoms with Crippen LogP contribution < -0.4 is 15.3 Å². The first-order valence-electron chi connectivity index (χ1n) is 4.92. The lowest BCUT2D eigenvalue weighted by Gasteiger charge is -2.10. The van der Waals surface area contributed by atoms with Crippen LogP contribution in [0.15, 0.2) is 23.3 Å². The van der Waals surface area contributed by atoms with Gasteiger partial charge in [-0.1, -0.05) is 0 Å². The molecule has 5 heteroatoms. The summed E-state index contributed by atoms with van der Waals surface area (Å²) in [5.41, 5.74) is 0.865. The van der Waals surface area contributed by atoms with Crippen molar-refractivity contribution >= 4 is 17.8 Å². The quantitative estimate of drug-likeness (QED) is 0.273. The maximum Gasteiger partial charge on any atom is 0.161 e. The second kappa shape index (κ2) is 6.95. The van der Waals surface area contributed by atoms with Gasteiger partial charge in [-0.15, -0.1) is 11.6 Å². The second-order valence-corrected chi connectivity index (χ2v) is 3.46. The molecule has 88 valence electrons. The number of nitrogens with two attached hydrogens (primary N) is 1. The van der Waals surface area contributed by atoms with E-state index in [0.717, 1.165) is 12.0 Å². The number of halogens is 1. The molecule has 4 nitrogen and oxygen atoms in total. The molecule has 1 rings (SSSR count). The summed E-state index contributed by atoms with van der Waals surface area (Å²) in [6, 6.07) is 5.49. The molecule has 0 radical (unpaired) electrons. The molecule has 0 aliphatic rings. The molecule has 16 heavy (non-hydrogen) atoms. The summed E-state index contributed by atoms with van der Waals surface area (Å²) < 4.78 is 10.7. The number of alkyl halides is 1. The first-order chi connectivity index (χ1) is 7.81. The van der Waals surface area contributed by atoms with Crippen molar-refractivity contribution in [1.82, 2.24) is 0 Å². The van der Waals surface area contributed by atoms with E-state index >= 15 is 0 Å². The first kappa shape index (κ1) is 12.6. The molecule has 0 bridgehead atoms. The van der Waals surface area contributed by atoms with Crippen LogP contribution in [-0.2, 0) is 0 Å². The van der Waals surface area contributed by atoms with Crippen molar-refractivity contribution in [2.45, 2.75) is 6.42 Å². The third-order valence-corrected chi connectivity index (χ3v) is 2.21. The van der Waals surface area contributed by atoms with E-state index in [1.165, 1.54) is 0 Å². The highest BCUT2D eigenvalue weighted by Gasteiger charge is 2.04. The number of ether oxygens (including phenoxy) is 2. The Morgan fingerprint density at radius 2 is 2.25 bits per heavy atom. The normalized spacial score (nSPS) is 10.6. The lowest BCUT2D eigenvalue weighted by molar-refractivity contribution is 0.295. The number of hydrogen-bond donors (Lipinski definition) is 1. The van der Waals surface area contributed by atoms with E-state index in [0.29, 0.717) is 24.0 Å². The van der Waals surface area contributed by atoms with Gasteiger partial charge in [-0.3, -0.25) is 0 Å². The van der Waals surface area contributed by atoms with Gasteiger partial charge >= 0.3 is 0 Å². The fourth-order valence-electron chi connectivity index (χ4n) is 1.21. The summed E-state index contributed by atoms with van der Waals surface area (Å²) in [7, 11) is 1.60. The van der Waals surface area contributed by atoms with Crippen LogP contribution in [0.4, 0.5) is 0 Å². The van der Waals surface area contributed by atoms with Crippen LogP contribution >= 0.6 is 11.6 Å². The average molecular weight is 243 g/mol. The highest BCUT2D eigenvalue weighted by atomic mass is 35.5. The van der Waals surface area contributed by atoms with Crippen LogP contribution in [0.1, 0.15) is 12.0 Å². The minimum absolute atomic E-state index is 0.559. The minimum Gasteiger partial charge on any atom is -0.493 e. The molecule has 0 aromatic heterocycles. The third kappa shape index (κ3) is 3.62. The zero-order valence-corrected chi connectivity index (χ0v) is 9.91. The van der Waals surface area contributed by atoms with Crippen LogP contribution in [0.5, 0.6) is 11.5 Å². The van der Waals surface area contributed by atoms with Crippen molar-refractivity contribution in [3.05, 3.63) is 23.8 Å². The Hall–Kier alpha value is -1.42. The summed E-state index contributed by atoms with van der Waals surface area (Å²) in [5, 5.41) is 3.46. The molecule has 2 N–H and O–H groups in total. The van der Waals surface area contributed by atoms with Crippen LogP contribution in [0.25, 0.3) is 0 Å². The van der Waals surface area contributed by atoms with Gasteiger partial charge in [0.1, 0.15) is 0 Å². The van der Waals surface area contributed by atoms with Crippen LogP contribution in [0.3, 0.4) is 0 Å². The van der Waals surface area contributed by atoms with E-state index in [9.17, 15) is 0 Å². The van der Waals surface area contributed by atoms with Crippen molar-refractivity contribution in [3.8, 4) is 11.5 Å². The number of hydrogen-bond acceptors (Lipinski definition) is 4. The van der Waals surface area contributed by atoms with Gasteiger partial charge in [-0.05, 0) is 30.2 Å². The largest absolute Gasteiger partial charge is 0.493 e. The van der Waals surface area contributed by atoms with E-state index in [-0.39, 0.29) is 0 Å². The molecule has 0 saturated heterocycles. The first-order valence-corrected chi connectivity index (χ1v) is 5.45. The molecule has 0 saturated carbocycles. The van der Waals surface area contributed by atoms with E-state index in [4.69, 9.17) is 26.9 Å². The maximum atomic E-state index is 5.57. The second-order valence-electron chi connectivity index (χ2n) is 3.08. The molecule has 0 unspecified atom stereocenters. The third-order valence-electron chi connectivity index (χ3n) is 1.95. The molecule has 0 fully saturated rings. The Labute approximate surface area is 100.0 Å². The van der Waals surface area contributed by atoms with Gasteiger partial charge in [0, 0.05) is 5.88 Å². The van der Waals surface area contributed by atoms with Crippen molar-refractivity contribution in [1.29, 1.82) is 0 Å². The van der Waals surface area contributed by atoms with Crippen molar-refractivity contribution < 1.29 is 9.47 Å². The van der Waals surface area contributed by atoms with Gasteiger partial charge < -0.3 is 15.3 Å². The molecule has 0 amide bonds. The molecule has 1 aromatic rings. The zero-order chi connectivity index (χ0) is 11.8. The van der Waals surface area contributed by atoms with Gasteiger partial charge in [0.05, 0.1) is 19.9 Å². The predicted octanol–water partition coefficient (Wildman–Crippen LogP) is 2.00. The molecular formula is C11H15ClN2O2. The number of methoxy groups -OCH3 is 1. The standard InChI is InChI=1S/C11H15ClN2O2/c1-15-10-4-3-9(8-14-13)7-11(10)16-6-2-5-12/h3-4,7-8H,2,5-6,13H2,1H3. The van der Waals surface area contributed by atoms with Crippen LogP contribution in [0, 0.1) is 0 Å². The van der Waals surface area contributed by atoms with Gasteiger partial charge in [0.15, 0.2) is 11.5 Å². The summed E-state index contributed by atoms with van der Waals surface area (Å²) in [4.78, 5) is 0. The van der Waals surface area contributed by atoms with Crippen molar-refractivity contribution in [2.24, 2.45) is 10.9 Å². The van der Waals surface area contributed by atoms with Gasteiger partial charge in [0.25, 0.3) is 0 Å². The van der Waals surface area contributed by atoms with Crippen LogP contribution in [-0.4, -0.2) is 25.8 Å². The minimum atomic E-state index is 0.559. The molecule has 0 heterocycles.